The number of rotatable bonds is 3. The minimum absolute atomic E-state index is 0.181. The van der Waals surface area contributed by atoms with Crippen molar-refractivity contribution in [3.05, 3.63) is 47.3 Å². The molecule has 0 radical (unpaired) electrons. The number of benzene rings is 1. The van der Waals surface area contributed by atoms with Crippen LogP contribution in [0.3, 0.4) is 0 Å². The number of amides is 1. The average Bonchev–Trinajstić information content (AvgIpc) is 3.10. The Balaban J connectivity index is 1.68. The van der Waals surface area contributed by atoms with Crippen molar-refractivity contribution in [3.8, 4) is 11.4 Å². The van der Waals surface area contributed by atoms with Gasteiger partial charge < -0.3 is 4.90 Å². The van der Waals surface area contributed by atoms with E-state index in [0.29, 0.717) is 18.0 Å². The van der Waals surface area contributed by atoms with E-state index in [-0.39, 0.29) is 5.91 Å². The lowest BCUT2D eigenvalue weighted by Gasteiger charge is -2.27. The van der Waals surface area contributed by atoms with Gasteiger partial charge in [0.25, 0.3) is 5.78 Å². The number of aromatic nitrogens is 4. The zero-order valence-electron chi connectivity index (χ0n) is 15.3. The molecule has 1 aliphatic rings. The lowest BCUT2D eigenvalue weighted by molar-refractivity contribution is -0.131. The summed E-state index contributed by atoms with van der Waals surface area (Å²) < 4.78 is 1.76. The summed E-state index contributed by atoms with van der Waals surface area (Å²) in [7, 11) is 0. The molecule has 26 heavy (non-hydrogen) atoms. The van der Waals surface area contributed by atoms with Crippen LogP contribution in [0.15, 0.2) is 30.3 Å². The molecule has 2 aromatic heterocycles. The van der Waals surface area contributed by atoms with Crippen molar-refractivity contribution in [2.24, 2.45) is 0 Å². The summed E-state index contributed by atoms with van der Waals surface area (Å²) in [5.74, 6) is 1.41. The smallest absolute Gasteiger partial charge is 0.253 e. The van der Waals surface area contributed by atoms with Crippen molar-refractivity contribution in [1.82, 2.24) is 24.5 Å². The fourth-order valence-electron chi connectivity index (χ4n) is 3.58. The Kier molecular flexibility index (Phi) is 4.41. The van der Waals surface area contributed by atoms with E-state index in [1.807, 2.05) is 49.1 Å². The van der Waals surface area contributed by atoms with Crippen molar-refractivity contribution >= 4 is 11.7 Å². The Morgan fingerprint density at radius 1 is 1.04 bits per heavy atom. The lowest BCUT2D eigenvalue weighted by Crippen LogP contribution is -2.37. The van der Waals surface area contributed by atoms with E-state index in [9.17, 15) is 4.79 Å². The Labute approximate surface area is 152 Å². The molecular weight excluding hydrogens is 326 g/mol. The van der Waals surface area contributed by atoms with Crippen molar-refractivity contribution in [2.75, 3.05) is 13.1 Å². The third kappa shape index (κ3) is 3.07. The first-order valence-corrected chi connectivity index (χ1v) is 9.19. The van der Waals surface area contributed by atoms with Crippen LogP contribution >= 0.6 is 0 Å². The number of carbonyl (C=O) groups is 1. The van der Waals surface area contributed by atoms with E-state index in [0.717, 1.165) is 48.4 Å². The highest BCUT2D eigenvalue weighted by molar-refractivity contribution is 5.79. The van der Waals surface area contributed by atoms with Gasteiger partial charge in [-0.05, 0) is 33.1 Å². The molecule has 0 saturated carbocycles. The predicted octanol–water partition coefficient (Wildman–Crippen LogP) is 2.96. The molecule has 0 N–H and O–H groups in total. The fourth-order valence-corrected chi connectivity index (χ4v) is 3.58. The minimum atomic E-state index is 0.181. The first-order valence-electron chi connectivity index (χ1n) is 9.19. The number of hydrogen-bond acceptors (Lipinski definition) is 4. The summed E-state index contributed by atoms with van der Waals surface area (Å²) in [5, 5.41) is 4.62. The fraction of sp³-hybridized carbons (Fsp3) is 0.400. The molecule has 0 unspecified atom stereocenters. The van der Waals surface area contributed by atoms with Crippen LogP contribution in [0.25, 0.3) is 17.2 Å². The van der Waals surface area contributed by atoms with Gasteiger partial charge in [-0.3, -0.25) is 4.79 Å². The summed E-state index contributed by atoms with van der Waals surface area (Å²) in [6.07, 6.45) is 3.80. The second kappa shape index (κ2) is 6.86. The molecule has 3 aromatic rings. The molecule has 0 bridgehead atoms. The van der Waals surface area contributed by atoms with Crippen LogP contribution in [0, 0.1) is 13.8 Å². The Bertz CT molecular complexity index is 942. The summed E-state index contributed by atoms with van der Waals surface area (Å²) in [6.45, 7) is 5.68. The van der Waals surface area contributed by atoms with Gasteiger partial charge in [-0.1, -0.05) is 30.3 Å². The van der Waals surface area contributed by atoms with E-state index in [2.05, 4.69) is 15.1 Å². The Morgan fingerprint density at radius 2 is 1.77 bits per heavy atom. The lowest BCUT2D eigenvalue weighted by atomic mass is 10.1. The average molecular weight is 349 g/mol. The molecule has 6 nitrogen and oxygen atoms in total. The van der Waals surface area contributed by atoms with Gasteiger partial charge in [0.05, 0.1) is 6.42 Å². The monoisotopic (exact) mass is 349 g/mol. The molecule has 134 valence electrons. The van der Waals surface area contributed by atoms with Gasteiger partial charge in [0.2, 0.25) is 5.91 Å². The number of hydrogen-bond donors (Lipinski definition) is 0. The standard InChI is InChI=1S/C20H23N5O/c1-14-17(13-18(26)24-11-7-4-8-12-24)15(2)25-20(21-14)22-19(23-25)16-9-5-3-6-10-16/h3,5-6,9-10H,4,7-8,11-13H2,1-2H3. The first kappa shape index (κ1) is 16.7. The number of nitrogens with zero attached hydrogens (tertiary/aromatic N) is 5. The van der Waals surface area contributed by atoms with Crippen LogP contribution in [-0.4, -0.2) is 43.5 Å². The van der Waals surface area contributed by atoms with E-state index in [1.165, 1.54) is 6.42 Å². The van der Waals surface area contributed by atoms with E-state index >= 15 is 0 Å². The van der Waals surface area contributed by atoms with Crippen molar-refractivity contribution in [3.63, 3.8) is 0 Å². The molecule has 0 aliphatic carbocycles. The van der Waals surface area contributed by atoms with Gasteiger partial charge in [0, 0.05) is 35.6 Å². The summed E-state index contributed by atoms with van der Waals surface area (Å²) in [6, 6.07) is 9.87. The molecule has 1 fully saturated rings. The topological polar surface area (TPSA) is 63.4 Å². The number of likely N-dealkylation sites (tertiary alicyclic amines) is 1. The van der Waals surface area contributed by atoms with Crippen molar-refractivity contribution in [1.29, 1.82) is 0 Å². The van der Waals surface area contributed by atoms with Crippen molar-refractivity contribution < 1.29 is 4.79 Å². The van der Waals surface area contributed by atoms with Crippen LogP contribution in [0.2, 0.25) is 0 Å². The van der Waals surface area contributed by atoms with E-state index in [1.54, 1.807) is 4.52 Å². The molecule has 6 heteroatoms. The molecule has 3 heterocycles. The highest BCUT2D eigenvalue weighted by atomic mass is 16.2. The minimum Gasteiger partial charge on any atom is -0.342 e. The molecule has 0 atom stereocenters. The van der Waals surface area contributed by atoms with E-state index < -0.39 is 0 Å². The van der Waals surface area contributed by atoms with Gasteiger partial charge in [-0.15, -0.1) is 5.10 Å². The predicted molar refractivity (Wildman–Crippen MR) is 99.8 cm³/mol. The second-order valence-corrected chi connectivity index (χ2v) is 6.89. The largest absolute Gasteiger partial charge is 0.342 e. The zero-order chi connectivity index (χ0) is 18.1. The molecular formula is C20H23N5O. The summed E-state index contributed by atoms with van der Waals surface area (Å²) in [5.41, 5.74) is 3.71. The van der Waals surface area contributed by atoms with Crippen LogP contribution < -0.4 is 0 Å². The highest BCUT2D eigenvalue weighted by Crippen LogP contribution is 2.20. The van der Waals surface area contributed by atoms with Gasteiger partial charge in [-0.25, -0.2) is 9.50 Å². The Hall–Kier alpha value is -2.76. The molecule has 1 aliphatic heterocycles. The normalized spacial score (nSPS) is 14.8. The molecule has 1 saturated heterocycles. The van der Waals surface area contributed by atoms with Crippen molar-refractivity contribution in [2.45, 2.75) is 39.5 Å². The van der Waals surface area contributed by atoms with Crippen LogP contribution in [0.5, 0.6) is 0 Å². The highest BCUT2D eigenvalue weighted by Gasteiger charge is 2.21. The van der Waals surface area contributed by atoms with Gasteiger partial charge in [-0.2, -0.15) is 4.98 Å². The zero-order valence-corrected chi connectivity index (χ0v) is 15.3. The van der Waals surface area contributed by atoms with Gasteiger partial charge >= 0.3 is 0 Å². The summed E-state index contributed by atoms with van der Waals surface area (Å²) in [4.78, 5) is 23.8. The maximum atomic E-state index is 12.7. The van der Waals surface area contributed by atoms with E-state index in [4.69, 9.17) is 0 Å². The maximum Gasteiger partial charge on any atom is 0.253 e. The third-order valence-electron chi connectivity index (χ3n) is 5.12. The van der Waals surface area contributed by atoms with Crippen LogP contribution in [-0.2, 0) is 11.2 Å². The third-order valence-corrected chi connectivity index (χ3v) is 5.12. The van der Waals surface area contributed by atoms with Gasteiger partial charge in [0.1, 0.15) is 0 Å². The molecule has 1 amide bonds. The molecule has 1 aromatic carbocycles. The maximum absolute atomic E-state index is 12.7. The second-order valence-electron chi connectivity index (χ2n) is 6.89. The van der Waals surface area contributed by atoms with Crippen LogP contribution in [0.1, 0.15) is 36.2 Å². The Morgan fingerprint density at radius 3 is 2.50 bits per heavy atom. The first-order chi connectivity index (χ1) is 12.6. The number of fused-ring (bicyclic) bond motifs is 1. The van der Waals surface area contributed by atoms with Gasteiger partial charge in [0.15, 0.2) is 5.82 Å². The molecule has 4 rings (SSSR count). The summed E-state index contributed by atoms with van der Waals surface area (Å²) >= 11 is 0. The molecule has 0 spiro atoms. The number of aryl methyl sites for hydroxylation is 2. The SMILES string of the molecule is Cc1nc2nc(-c3ccccc3)nn2c(C)c1CC(=O)N1CCCCC1. The number of piperidine rings is 1. The quantitative estimate of drug-likeness (QED) is 0.729. The number of carbonyl (C=O) groups excluding carboxylic acids is 1. The van der Waals surface area contributed by atoms with Crippen LogP contribution in [0.4, 0.5) is 0 Å².